The molecule has 0 radical (unpaired) electrons. The lowest BCUT2D eigenvalue weighted by Crippen LogP contribution is -2.10. The molecule has 3 aromatic rings. The molecule has 0 N–H and O–H groups in total. The molecule has 2 heterocycles. The highest BCUT2D eigenvalue weighted by molar-refractivity contribution is 6.35. The van der Waals surface area contributed by atoms with Crippen LogP contribution in [0.25, 0.3) is 10.9 Å². The molecule has 0 saturated heterocycles. The van der Waals surface area contributed by atoms with E-state index in [1.807, 2.05) is 55.8 Å². The van der Waals surface area contributed by atoms with Crippen LogP contribution < -0.4 is 0 Å². The quantitative estimate of drug-likeness (QED) is 0.513. The van der Waals surface area contributed by atoms with Gasteiger partial charge < -0.3 is 4.84 Å². The molecule has 0 aliphatic carbocycles. The van der Waals surface area contributed by atoms with Crippen molar-refractivity contribution in [2.75, 3.05) is 0 Å². The Labute approximate surface area is 145 Å². The zero-order chi connectivity index (χ0) is 17.1. The van der Waals surface area contributed by atoms with Crippen LogP contribution in [0.5, 0.6) is 0 Å². The number of fused-ring (bicyclic) bond motifs is 1. The fourth-order valence-electron chi connectivity index (χ4n) is 2.61. The maximum atomic E-state index is 6.20. The van der Waals surface area contributed by atoms with E-state index >= 15 is 0 Å². The SMILES string of the molecule is CC(Cn1nc(C)cc1C)=NOCc1ccc(Cl)c2cccnc12. The van der Waals surface area contributed by atoms with Crippen molar-refractivity contribution in [3.8, 4) is 0 Å². The van der Waals surface area contributed by atoms with Gasteiger partial charge in [0.05, 0.1) is 23.5 Å². The third-order valence-electron chi connectivity index (χ3n) is 3.72. The van der Waals surface area contributed by atoms with E-state index < -0.39 is 0 Å². The first-order valence-electron chi connectivity index (χ1n) is 7.73. The lowest BCUT2D eigenvalue weighted by Gasteiger charge is -2.07. The summed E-state index contributed by atoms with van der Waals surface area (Å²) in [4.78, 5) is 9.91. The number of oxime groups is 1. The molecular weight excluding hydrogens is 324 g/mol. The van der Waals surface area contributed by atoms with Gasteiger partial charge in [-0.3, -0.25) is 9.67 Å². The van der Waals surface area contributed by atoms with E-state index in [0.717, 1.165) is 33.6 Å². The number of rotatable bonds is 5. The van der Waals surface area contributed by atoms with E-state index in [1.54, 1.807) is 6.20 Å². The normalized spacial score (nSPS) is 11.9. The van der Waals surface area contributed by atoms with Crippen molar-refractivity contribution in [2.24, 2.45) is 5.16 Å². The average molecular weight is 343 g/mol. The molecule has 0 unspecified atom stereocenters. The van der Waals surface area contributed by atoms with Gasteiger partial charge in [-0.1, -0.05) is 22.8 Å². The Morgan fingerprint density at radius 3 is 2.88 bits per heavy atom. The molecule has 0 bridgehead atoms. The highest BCUT2D eigenvalue weighted by atomic mass is 35.5. The first-order chi connectivity index (χ1) is 11.5. The van der Waals surface area contributed by atoms with Crippen LogP contribution in [0.1, 0.15) is 23.9 Å². The van der Waals surface area contributed by atoms with Crippen molar-refractivity contribution in [3.63, 3.8) is 0 Å². The molecule has 0 spiro atoms. The zero-order valence-electron chi connectivity index (χ0n) is 14.0. The summed E-state index contributed by atoms with van der Waals surface area (Å²) in [6.45, 7) is 6.89. The van der Waals surface area contributed by atoms with E-state index in [0.29, 0.717) is 18.2 Å². The van der Waals surface area contributed by atoms with Crippen LogP contribution in [0.3, 0.4) is 0 Å². The summed E-state index contributed by atoms with van der Waals surface area (Å²) < 4.78 is 1.91. The molecule has 0 fully saturated rings. The van der Waals surface area contributed by atoms with Crippen molar-refractivity contribution in [1.82, 2.24) is 14.8 Å². The summed E-state index contributed by atoms with van der Waals surface area (Å²) >= 11 is 6.20. The van der Waals surface area contributed by atoms with E-state index in [1.165, 1.54) is 0 Å². The maximum Gasteiger partial charge on any atom is 0.144 e. The van der Waals surface area contributed by atoms with Crippen molar-refractivity contribution in [2.45, 2.75) is 33.9 Å². The standard InChI is InChI=1S/C18H19ClN4O/c1-12-9-14(3)23(21-12)10-13(2)22-24-11-15-6-7-17(19)16-5-4-8-20-18(15)16/h4-9H,10-11H2,1-3H3. The third-order valence-corrected chi connectivity index (χ3v) is 4.05. The molecule has 0 aliphatic rings. The topological polar surface area (TPSA) is 52.3 Å². The molecule has 0 aliphatic heterocycles. The predicted molar refractivity (Wildman–Crippen MR) is 96.4 cm³/mol. The Bertz CT molecular complexity index is 901. The number of benzene rings is 1. The lowest BCUT2D eigenvalue weighted by atomic mass is 10.1. The summed E-state index contributed by atoms with van der Waals surface area (Å²) in [6, 6.07) is 9.64. The van der Waals surface area contributed by atoms with Gasteiger partial charge in [-0.05, 0) is 45.0 Å². The number of aryl methyl sites for hydroxylation is 2. The molecule has 24 heavy (non-hydrogen) atoms. The second-order valence-electron chi connectivity index (χ2n) is 5.79. The monoisotopic (exact) mass is 342 g/mol. The summed E-state index contributed by atoms with van der Waals surface area (Å²) in [5.74, 6) is 0. The third kappa shape index (κ3) is 3.57. The Balaban J connectivity index is 1.70. The van der Waals surface area contributed by atoms with E-state index in [4.69, 9.17) is 16.4 Å². The largest absolute Gasteiger partial charge is 0.391 e. The van der Waals surface area contributed by atoms with Gasteiger partial charge in [-0.15, -0.1) is 0 Å². The van der Waals surface area contributed by atoms with Crippen LogP contribution in [0.15, 0.2) is 41.7 Å². The number of nitrogens with zero attached hydrogens (tertiary/aromatic N) is 4. The average Bonchev–Trinajstić information content (AvgIpc) is 2.87. The Morgan fingerprint density at radius 2 is 2.12 bits per heavy atom. The maximum absolute atomic E-state index is 6.20. The Hall–Kier alpha value is -2.40. The van der Waals surface area contributed by atoms with E-state index in [9.17, 15) is 0 Å². The van der Waals surface area contributed by atoms with Crippen LogP contribution in [0, 0.1) is 13.8 Å². The number of hydrogen-bond acceptors (Lipinski definition) is 4. The second kappa shape index (κ2) is 7.01. The molecule has 6 heteroatoms. The van der Waals surface area contributed by atoms with Gasteiger partial charge in [-0.25, -0.2) is 0 Å². The minimum atomic E-state index is 0.346. The van der Waals surface area contributed by atoms with Crippen LogP contribution in [-0.2, 0) is 18.0 Å². The van der Waals surface area contributed by atoms with Crippen LogP contribution in [0.2, 0.25) is 5.02 Å². The first-order valence-corrected chi connectivity index (χ1v) is 8.11. The molecule has 2 aromatic heterocycles. The van der Waals surface area contributed by atoms with Gasteiger partial charge in [-0.2, -0.15) is 5.10 Å². The molecule has 124 valence electrons. The Morgan fingerprint density at radius 1 is 1.29 bits per heavy atom. The van der Waals surface area contributed by atoms with Gasteiger partial charge in [0.15, 0.2) is 0 Å². The summed E-state index contributed by atoms with van der Waals surface area (Å²) in [7, 11) is 0. The Kier molecular flexibility index (Phi) is 4.81. The second-order valence-corrected chi connectivity index (χ2v) is 6.20. The summed E-state index contributed by atoms with van der Waals surface area (Å²) in [5.41, 5.74) is 4.76. The minimum Gasteiger partial charge on any atom is -0.391 e. The van der Waals surface area contributed by atoms with Gasteiger partial charge in [0.1, 0.15) is 6.61 Å². The summed E-state index contributed by atoms with van der Waals surface area (Å²) in [6.07, 6.45) is 1.75. The minimum absolute atomic E-state index is 0.346. The van der Waals surface area contributed by atoms with Crippen LogP contribution in [-0.4, -0.2) is 20.5 Å². The van der Waals surface area contributed by atoms with Crippen molar-refractivity contribution >= 4 is 28.2 Å². The van der Waals surface area contributed by atoms with Crippen molar-refractivity contribution < 1.29 is 4.84 Å². The highest BCUT2D eigenvalue weighted by Gasteiger charge is 2.07. The lowest BCUT2D eigenvalue weighted by molar-refractivity contribution is 0.130. The van der Waals surface area contributed by atoms with E-state index in [-0.39, 0.29) is 0 Å². The fraction of sp³-hybridized carbons (Fsp3) is 0.278. The first kappa shape index (κ1) is 16.5. The molecule has 0 saturated carbocycles. The smallest absolute Gasteiger partial charge is 0.144 e. The molecule has 1 aromatic carbocycles. The number of hydrogen-bond donors (Lipinski definition) is 0. The van der Waals surface area contributed by atoms with E-state index in [2.05, 4.69) is 15.2 Å². The fourth-order valence-corrected chi connectivity index (χ4v) is 2.82. The molecular formula is C18H19ClN4O. The number of aromatic nitrogens is 3. The van der Waals surface area contributed by atoms with Crippen LogP contribution in [0.4, 0.5) is 0 Å². The van der Waals surface area contributed by atoms with Gasteiger partial charge in [0.25, 0.3) is 0 Å². The molecule has 5 nitrogen and oxygen atoms in total. The highest BCUT2D eigenvalue weighted by Crippen LogP contribution is 2.25. The van der Waals surface area contributed by atoms with Crippen molar-refractivity contribution in [3.05, 3.63) is 58.5 Å². The molecule has 3 rings (SSSR count). The molecule has 0 amide bonds. The number of pyridine rings is 1. The van der Waals surface area contributed by atoms with Gasteiger partial charge in [0, 0.05) is 27.9 Å². The summed E-state index contributed by atoms with van der Waals surface area (Å²) in [5, 5.41) is 10.2. The number of halogens is 1. The zero-order valence-corrected chi connectivity index (χ0v) is 14.7. The molecule has 0 atom stereocenters. The van der Waals surface area contributed by atoms with Crippen molar-refractivity contribution in [1.29, 1.82) is 0 Å². The van der Waals surface area contributed by atoms with Crippen LogP contribution >= 0.6 is 11.6 Å². The predicted octanol–water partition coefficient (Wildman–Crippen LogP) is 4.29. The van der Waals surface area contributed by atoms with Gasteiger partial charge >= 0.3 is 0 Å². The van der Waals surface area contributed by atoms with Gasteiger partial charge in [0.2, 0.25) is 0 Å².